The number of aliphatic hydroxyl groups is 1. The van der Waals surface area contributed by atoms with E-state index in [4.69, 9.17) is 23.1 Å². The third-order valence-electron chi connectivity index (χ3n) is 2.27. The fourth-order valence-electron chi connectivity index (χ4n) is 0.876. The zero-order valence-electron chi connectivity index (χ0n) is 8.71. The number of likely N-dealkylation sites (N-methyl/N-ethyl adjacent to an activating group) is 1. The monoisotopic (exact) mass is 204 g/mol. The van der Waals surface area contributed by atoms with Crippen molar-refractivity contribution in [1.82, 2.24) is 4.90 Å². The van der Waals surface area contributed by atoms with Crippen molar-refractivity contribution in [3.05, 3.63) is 0 Å². The summed E-state index contributed by atoms with van der Waals surface area (Å²) in [5, 5.41) is 8.68. The quantitative estimate of drug-likeness (QED) is 0.623. The number of nitrogens with two attached hydrogens (primary N) is 1. The van der Waals surface area contributed by atoms with Crippen LogP contribution in [0.25, 0.3) is 0 Å². The molecule has 0 fully saturated rings. The first kappa shape index (κ1) is 12.8. The van der Waals surface area contributed by atoms with Gasteiger partial charge in [-0.05, 0) is 20.0 Å². The van der Waals surface area contributed by atoms with E-state index < -0.39 is 0 Å². The molecule has 0 aromatic heterocycles. The Morgan fingerprint density at radius 1 is 1.46 bits per heavy atom. The Morgan fingerprint density at radius 2 is 2.00 bits per heavy atom. The number of hydrogen-bond acceptors (Lipinski definition) is 3. The maximum Gasteiger partial charge on any atom is 0.0784 e. The fraction of sp³-hybridized carbons (Fsp3) is 0.889. The Morgan fingerprint density at radius 3 is 2.38 bits per heavy atom. The molecular formula is C9H20N2OS. The molecule has 0 aliphatic carbocycles. The summed E-state index contributed by atoms with van der Waals surface area (Å²) in [5.41, 5.74) is 5.51. The van der Waals surface area contributed by atoms with E-state index in [0.717, 1.165) is 13.0 Å². The van der Waals surface area contributed by atoms with E-state index in [1.165, 1.54) is 0 Å². The molecule has 4 heteroatoms. The molecule has 13 heavy (non-hydrogen) atoms. The van der Waals surface area contributed by atoms with E-state index in [1.807, 2.05) is 20.9 Å². The number of nitrogens with zero attached hydrogens (tertiary/aromatic N) is 1. The van der Waals surface area contributed by atoms with E-state index in [9.17, 15) is 0 Å². The molecular weight excluding hydrogens is 184 g/mol. The summed E-state index contributed by atoms with van der Waals surface area (Å²) < 4.78 is 0. The van der Waals surface area contributed by atoms with Gasteiger partial charge < -0.3 is 15.7 Å². The van der Waals surface area contributed by atoms with Gasteiger partial charge in [-0.1, -0.05) is 26.1 Å². The van der Waals surface area contributed by atoms with Crippen LogP contribution in [-0.4, -0.2) is 41.7 Å². The molecule has 0 rings (SSSR count). The van der Waals surface area contributed by atoms with Crippen LogP contribution in [0.5, 0.6) is 0 Å². The summed E-state index contributed by atoms with van der Waals surface area (Å²) in [5.74, 6) is 0. The van der Waals surface area contributed by atoms with Crippen LogP contribution in [0.15, 0.2) is 0 Å². The van der Waals surface area contributed by atoms with E-state index in [0.29, 0.717) is 11.5 Å². The van der Waals surface area contributed by atoms with Crippen molar-refractivity contribution in [2.45, 2.75) is 20.3 Å². The first-order valence-corrected chi connectivity index (χ1v) is 4.90. The molecule has 0 amide bonds. The van der Waals surface area contributed by atoms with Gasteiger partial charge in [-0.15, -0.1) is 0 Å². The smallest absolute Gasteiger partial charge is 0.0784 e. The Labute approximate surface area is 85.9 Å². The van der Waals surface area contributed by atoms with Gasteiger partial charge in [0.2, 0.25) is 0 Å². The van der Waals surface area contributed by atoms with E-state index in [-0.39, 0.29) is 12.0 Å². The summed E-state index contributed by atoms with van der Waals surface area (Å²) >= 11 is 4.96. The first-order chi connectivity index (χ1) is 5.90. The highest BCUT2D eigenvalue weighted by Crippen LogP contribution is 2.20. The van der Waals surface area contributed by atoms with Crippen LogP contribution >= 0.6 is 12.2 Å². The van der Waals surface area contributed by atoms with Crippen molar-refractivity contribution in [2.24, 2.45) is 11.1 Å². The minimum Gasteiger partial charge on any atom is -0.395 e. The van der Waals surface area contributed by atoms with Crippen molar-refractivity contribution < 1.29 is 5.11 Å². The second kappa shape index (κ2) is 5.52. The topological polar surface area (TPSA) is 49.5 Å². The van der Waals surface area contributed by atoms with E-state index in [2.05, 4.69) is 4.90 Å². The van der Waals surface area contributed by atoms with Gasteiger partial charge >= 0.3 is 0 Å². The lowest BCUT2D eigenvalue weighted by Gasteiger charge is -2.26. The predicted molar refractivity (Wildman–Crippen MR) is 59.8 cm³/mol. The van der Waals surface area contributed by atoms with Gasteiger partial charge in [0.05, 0.1) is 11.6 Å². The second-order valence-corrected chi connectivity index (χ2v) is 4.46. The predicted octanol–water partition coefficient (Wildman–Crippen LogP) is 0.613. The van der Waals surface area contributed by atoms with Gasteiger partial charge in [0, 0.05) is 12.0 Å². The molecule has 0 aliphatic heterocycles. The SMILES string of the molecule is CN(CCO)CCC(C)(C)C(N)=S. The minimum atomic E-state index is -0.0843. The lowest BCUT2D eigenvalue weighted by atomic mass is 9.89. The minimum absolute atomic E-state index is 0.0843. The average molecular weight is 204 g/mol. The molecule has 0 aromatic carbocycles. The summed E-state index contributed by atoms with van der Waals surface area (Å²) in [6, 6.07) is 0. The summed E-state index contributed by atoms with van der Waals surface area (Å²) in [6.07, 6.45) is 0.929. The largest absolute Gasteiger partial charge is 0.395 e. The molecule has 0 aliphatic rings. The second-order valence-electron chi connectivity index (χ2n) is 4.03. The highest BCUT2D eigenvalue weighted by Gasteiger charge is 2.21. The lowest BCUT2D eigenvalue weighted by molar-refractivity contribution is 0.210. The molecule has 0 bridgehead atoms. The first-order valence-electron chi connectivity index (χ1n) is 4.49. The molecule has 0 spiro atoms. The standard InChI is InChI=1S/C9H20N2OS/c1-9(2,8(10)13)4-5-11(3)6-7-12/h12H,4-7H2,1-3H3,(H2,10,13). The third kappa shape index (κ3) is 5.18. The fourth-order valence-corrected chi connectivity index (χ4v) is 0.978. The molecule has 0 aromatic rings. The highest BCUT2D eigenvalue weighted by atomic mass is 32.1. The van der Waals surface area contributed by atoms with Gasteiger partial charge in [0.15, 0.2) is 0 Å². The van der Waals surface area contributed by atoms with Crippen molar-refractivity contribution in [3.8, 4) is 0 Å². The molecule has 0 saturated heterocycles. The molecule has 0 radical (unpaired) electrons. The van der Waals surface area contributed by atoms with Crippen LogP contribution in [0.1, 0.15) is 20.3 Å². The third-order valence-corrected chi connectivity index (χ3v) is 2.82. The van der Waals surface area contributed by atoms with Gasteiger partial charge in [-0.2, -0.15) is 0 Å². The molecule has 0 unspecified atom stereocenters. The van der Waals surface area contributed by atoms with Crippen LogP contribution in [0, 0.1) is 5.41 Å². The maximum atomic E-state index is 8.68. The van der Waals surface area contributed by atoms with Gasteiger partial charge in [-0.25, -0.2) is 0 Å². The van der Waals surface area contributed by atoms with Crippen molar-refractivity contribution >= 4 is 17.2 Å². The Hall–Kier alpha value is -0.190. The summed E-state index contributed by atoms with van der Waals surface area (Å²) in [7, 11) is 1.98. The zero-order valence-corrected chi connectivity index (χ0v) is 9.52. The van der Waals surface area contributed by atoms with Crippen LogP contribution in [0.3, 0.4) is 0 Å². The molecule has 3 nitrogen and oxygen atoms in total. The summed E-state index contributed by atoms with van der Waals surface area (Å²) in [4.78, 5) is 2.63. The lowest BCUT2D eigenvalue weighted by Crippen LogP contribution is -2.34. The summed E-state index contributed by atoms with van der Waals surface area (Å²) in [6.45, 7) is 5.90. The number of aliphatic hydroxyl groups excluding tert-OH is 1. The molecule has 0 heterocycles. The van der Waals surface area contributed by atoms with Gasteiger partial charge in [0.25, 0.3) is 0 Å². The molecule has 3 N–H and O–H groups in total. The normalized spacial score (nSPS) is 12.1. The van der Waals surface area contributed by atoms with Crippen molar-refractivity contribution in [2.75, 3.05) is 26.7 Å². The van der Waals surface area contributed by atoms with Crippen LogP contribution in [-0.2, 0) is 0 Å². The van der Waals surface area contributed by atoms with E-state index >= 15 is 0 Å². The highest BCUT2D eigenvalue weighted by molar-refractivity contribution is 7.80. The van der Waals surface area contributed by atoms with Gasteiger partial charge in [-0.3, -0.25) is 0 Å². The van der Waals surface area contributed by atoms with E-state index in [1.54, 1.807) is 0 Å². The molecule has 0 atom stereocenters. The zero-order chi connectivity index (χ0) is 10.5. The Balaban J connectivity index is 3.80. The number of hydrogen-bond donors (Lipinski definition) is 2. The Kier molecular flexibility index (Phi) is 5.44. The Bertz CT molecular complexity index is 171. The average Bonchev–Trinajstić information content (AvgIpc) is 2.01. The van der Waals surface area contributed by atoms with Crippen molar-refractivity contribution in [1.29, 1.82) is 0 Å². The van der Waals surface area contributed by atoms with Crippen molar-refractivity contribution in [3.63, 3.8) is 0 Å². The van der Waals surface area contributed by atoms with Crippen LogP contribution in [0.4, 0.5) is 0 Å². The van der Waals surface area contributed by atoms with Crippen LogP contribution < -0.4 is 5.73 Å². The number of rotatable bonds is 6. The molecule has 0 saturated carbocycles. The van der Waals surface area contributed by atoms with Crippen LogP contribution in [0.2, 0.25) is 0 Å². The van der Waals surface area contributed by atoms with Gasteiger partial charge in [0.1, 0.15) is 0 Å². The molecule has 78 valence electrons. The maximum absolute atomic E-state index is 8.68. The number of thiocarbonyl (C=S) groups is 1.